The predicted octanol–water partition coefficient (Wildman–Crippen LogP) is 2.59. The molecule has 2 nitrogen and oxygen atoms in total. The lowest BCUT2D eigenvalue weighted by Gasteiger charge is -2.12. The number of ether oxygens (including phenoxy) is 1. The molecule has 0 unspecified atom stereocenters. The van der Waals surface area contributed by atoms with Crippen LogP contribution in [0.2, 0.25) is 0 Å². The molecular formula is C13H21NO. The molecule has 84 valence electrons. The maximum Gasteiger partial charge on any atom is 0.122 e. The fourth-order valence-electron chi connectivity index (χ4n) is 1.91. The van der Waals surface area contributed by atoms with E-state index in [9.17, 15) is 0 Å². The van der Waals surface area contributed by atoms with Gasteiger partial charge in [0.15, 0.2) is 0 Å². The van der Waals surface area contributed by atoms with Gasteiger partial charge in [0.05, 0.1) is 7.11 Å². The predicted molar refractivity (Wildman–Crippen MR) is 64.5 cm³/mol. The molecule has 0 atom stereocenters. The first-order chi connectivity index (χ1) is 7.19. The van der Waals surface area contributed by atoms with E-state index in [2.05, 4.69) is 26.0 Å². The normalized spacial score (nSPS) is 10.4. The summed E-state index contributed by atoms with van der Waals surface area (Å²) in [6.45, 7) is 5.01. The SMILES string of the molecule is COc1cc(C)cc(C)c1CCCCN. The molecule has 0 aliphatic rings. The van der Waals surface area contributed by atoms with Gasteiger partial charge in [-0.15, -0.1) is 0 Å². The third kappa shape index (κ3) is 3.24. The van der Waals surface area contributed by atoms with Gasteiger partial charge in [0.25, 0.3) is 0 Å². The first-order valence-electron chi connectivity index (χ1n) is 5.53. The van der Waals surface area contributed by atoms with Gasteiger partial charge >= 0.3 is 0 Å². The molecule has 0 amide bonds. The van der Waals surface area contributed by atoms with Crippen LogP contribution in [0, 0.1) is 13.8 Å². The highest BCUT2D eigenvalue weighted by atomic mass is 16.5. The quantitative estimate of drug-likeness (QED) is 0.753. The van der Waals surface area contributed by atoms with E-state index in [1.807, 2.05) is 0 Å². The van der Waals surface area contributed by atoms with Gasteiger partial charge in [-0.2, -0.15) is 0 Å². The van der Waals surface area contributed by atoms with Crippen LogP contribution in [0.15, 0.2) is 12.1 Å². The van der Waals surface area contributed by atoms with Crippen molar-refractivity contribution in [2.24, 2.45) is 5.73 Å². The molecule has 0 fully saturated rings. The van der Waals surface area contributed by atoms with Gasteiger partial charge in [-0.25, -0.2) is 0 Å². The fourth-order valence-corrected chi connectivity index (χ4v) is 1.91. The molecule has 15 heavy (non-hydrogen) atoms. The zero-order valence-electron chi connectivity index (χ0n) is 9.97. The van der Waals surface area contributed by atoms with E-state index < -0.39 is 0 Å². The number of hydrogen-bond acceptors (Lipinski definition) is 2. The molecule has 0 aromatic heterocycles. The van der Waals surface area contributed by atoms with Crippen molar-refractivity contribution in [3.8, 4) is 5.75 Å². The van der Waals surface area contributed by atoms with Crippen molar-refractivity contribution in [2.75, 3.05) is 13.7 Å². The Morgan fingerprint density at radius 2 is 1.93 bits per heavy atom. The Labute approximate surface area is 92.4 Å². The molecule has 1 rings (SSSR count). The third-order valence-corrected chi connectivity index (χ3v) is 2.68. The molecule has 0 saturated carbocycles. The van der Waals surface area contributed by atoms with Crippen LogP contribution < -0.4 is 10.5 Å². The second kappa shape index (κ2) is 5.76. The monoisotopic (exact) mass is 207 g/mol. The largest absolute Gasteiger partial charge is 0.496 e. The van der Waals surface area contributed by atoms with E-state index in [1.54, 1.807) is 7.11 Å². The topological polar surface area (TPSA) is 35.2 Å². The number of nitrogens with two attached hydrogens (primary N) is 1. The summed E-state index contributed by atoms with van der Waals surface area (Å²) in [5.74, 6) is 1.02. The number of benzene rings is 1. The molecule has 0 radical (unpaired) electrons. The van der Waals surface area contributed by atoms with E-state index in [0.29, 0.717) is 0 Å². The number of aryl methyl sites for hydroxylation is 2. The minimum Gasteiger partial charge on any atom is -0.496 e. The maximum absolute atomic E-state index is 5.49. The Morgan fingerprint density at radius 3 is 2.53 bits per heavy atom. The second-order valence-corrected chi connectivity index (χ2v) is 4.01. The summed E-state index contributed by atoms with van der Waals surface area (Å²) in [5.41, 5.74) is 9.40. The first-order valence-corrected chi connectivity index (χ1v) is 5.53. The van der Waals surface area contributed by atoms with Crippen molar-refractivity contribution in [1.82, 2.24) is 0 Å². The summed E-state index contributed by atoms with van der Waals surface area (Å²) in [5, 5.41) is 0. The summed E-state index contributed by atoms with van der Waals surface area (Å²) >= 11 is 0. The molecular weight excluding hydrogens is 186 g/mol. The molecule has 1 aromatic rings. The van der Waals surface area contributed by atoms with E-state index in [-0.39, 0.29) is 0 Å². The molecule has 0 bridgehead atoms. The van der Waals surface area contributed by atoms with E-state index in [4.69, 9.17) is 10.5 Å². The molecule has 0 saturated heterocycles. The van der Waals surface area contributed by atoms with Gasteiger partial charge in [-0.3, -0.25) is 0 Å². The summed E-state index contributed by atoms with van der Waals surface area (Å²) in [4.78, 5) is 0. The molecule has 2 heteroatoms. The molecule has 0 aliphatic carbocycles. The minimum atomic E-state index is 0.771. The minimum absolute atomic E-state index is 0.771. The van der Waals surface area contributed by atoms with Crippen LogP contribution in [0.3, 0.4) is 0 Å². The van der Waals surface area contributed by atoms with Crippen molar-refractivity contribution in [1.29, 1.82) is 0 Å². The van der Waals surface area contributed by atoms with E-state index in [0.717, 1.165) is 31.6 Å². The van der Waals surface area contributed by atoms with Gasteiger partial charge in [0.2, 0.25) is 0 Å². The van der Waals surface area contributed by atoms with Gasteiger partial charge < -0.3 is 10.5 Å². The third-order valence-electron chi connectivity index (χ3n) is 2.68. The van der Waals surface area contributed by atoms with Crippen molar-refractivity contribution in [3.63, 3.8) is 0 Å². The Hall–Kier alpha value is -1.02. The average molecular weight is 207 g/mol. The first kappa shape index (κ1) is 12.1. The van der Waals surface area contributed by atoms with Gasteiger partial charge in [-0.05, 0) is 62.4 Å². The standard InChI is InChI=1S/C13H21NO/c1-10-8-11(2)12(6-4-5-7-14)13(9-10)15-3/h8-9H,4-7,14H2,1-3H3. The zero-order valence-corrected chi connectivity index (χ0v) is 9.97. The van der Waals surface area contributed by atoms with Gasteiger partial charge in [0.1, 0.15) is 5.75 Å². The Kier molecular flexibility index (Phi) is 4.63. The molecule has 0 aliphatic heterocycles. The summed E-state index contributed by atoms with van der Waals surface area (Å²) < 4.78 is 5.41. The van der Waals surface area contributed by atoms with Crippen LogP contribution in [0.25, 0.3) is 0 Å². The van der Waals surface area contributed by atoms with Crippen molar-refractivity contribution < 1.29 is 4.74 Å². The molecule has 1 aromatic carbocycles. The van der Waals surface area contributed by atoms with Crippen LogP contribution >= 0.6 is 0 Å². The average Bonchev–Trinajstić information content (AvgIpc) is 2.20. The van der Waals surface area contributed by atoms with Gasteiger partial charge in [-0.1, -0.05) is 6.07 Å². The number of methoxy groups -OCH3 is 1. The smallest absolute Gasteiger partial charge is 0.122 e. The highest BCUT2D eigenvalue weighted by Crippen LogP contribution is 2.25. The molecule has 0 spiro atoms. The lowest BCUT2D eigenvalue weighted by atomic mass is 9.99. The van der Waals surface area contributed by atoms with E-state index in [1.165, 1.54) is 16.7 Å². The van der Waals surface area contributed by atoms with Crippen LogP contribution in [-0.2, 0) is 6.42 Å². The second-order valence-electron chi connectivity index (χ2n) is 4.01. The Morgan fingerprint density at radius 1 is 1.20 bits per heavy atom. The van der Waals surface area contributed by atoms with Crippen LogP contribution in [0.1, 0.15) is 29.5 Å². The van der Waals surface area contributed by atoms with Crippen LogP contribution in [0.4, 0.5) is 0 Å². The maximum atomic E-state index is 5.49. The van der Waals surface area contributed by atoms with Crippen molar-refractivity contribution >= 4 is 0 Å². The highest BCUT2D eigenvalue weighted by Gasteiger charge is 2.06. The summed E-state index contributed by atoms with van der Waals surface area (Å²) in [6.07, 6.45) is 3.28. The molecule has 2 N–H and O–H groups in total. The molecule has 0 heterocycles. The number of rotatable bonds is 5. The summed E-state index contributed by atoms with van der Waals surface area (Å²) in [7, 11) is 1.74. The van der Waals surface area contributed by atoms with Crippen molar-refractivity contribution in [3.05, 3.63) is 28.8 Å². The van der Waals surface area contributed by atoms with Gasteiger partial charge in [0, 0.05) is 0 Å². The highest BCUT2D eigenvalue weighted by molar-refractivity contribution is 5.43. The fraction of sp³-hybridized carbons (Fsp3) is 0.538. The van der Waals surface area contributed by atoms with Crippen molar-refractivity contribution in [2.45, 2.75) is 33.1 Å². The van der Waals surface area contributed by atoms with Crippen LogP contribution in [0.5, 0.6) is 5.75 Å². The Bertz CT molecular complexity index is 321. The zero-order chi connectivity index (χ0) is 11.3. The Balaban J connectivity index is 2.84. The summed E-state index contributed by atoms with van der Waals surface area (Å²) in [6, 6.07) is 4.31. The number of unbranched alkanes of at least 4 members (excludes halogenated alkanes) is 1. The van der Waals surface area contributed by atoms with Crippen LogP contribution in [-0.4, -0.2) is 13.7 Å². The van der Waals surface area contributed by atoms with E-state index >= 15 is 0 Å². The lowest BCUT2D eigenvalue weighted by Crippen LogP contribution is -2.01. The number of hydrogen-bond donors (Lipinski definition) is 1. The lowest BCUT2D eigenvalue weighted by molar-refractivity contribution is 0.408.